The van der Waals surface area contributed by atoms with Crippen molar-refractivity contribution in [2.75, 3.05) is 25.1 Å². The second-order valence-electron chi connectivity index (χ2n) is 6.06. The normalized spacial score (nSPS) is 13.8. The van der Waals surface area contributed by atoms with Gasteiger partial charge in [-0.1, -0.05) is 0 Å². The number of hydrogen-bond donors (Lipinski definition) is 2. The van der Waals surface area contributed by atoms with Gasteiger partial charge in [-0.05, 0) is 46.5 Å². The topological polar surface area (TPSA) is 83.4 Å². The maximum atomic E-state index is 11.2. The van der Waals surface area contributed by atoms with Crippen molar-refractivity contribution in [1.82, 2.24) is 15.6 Å². The number of rotatable bonds is 10. The highest BCUT2D eigenvalue weighted by molar-refractivity contribution is 7.90. The van der Waals surface area contributed by atoms with E-state index in [9.17, 15) is 8.42 Å². The van der Waals surface area contributed by atoms with Crippen LogP contribution in [-0.4, -0.2) is 50.5 Å². The standard InChI is InChI=1S/C16H30N4O2S2/c1-5-17-16(20-13(2)9-11-24(4,21)22)18-10-7-6-8-15-19-14(3)12-23-15/h12-13H,5-11H2,1-4H3,(H2,17,18,20). The summed E-state index contributed by atoms with van der Waals surface area (Å²) in [5.74, 6) is 0.942. The van der Waals surface area contributed by atoms with Crippen LogP contribution in [0.4, 0.5) is 0 Å². The van der Waals surface area contributed by atoms with E-state index in [0.29, 0.717) is 6.42 Å². The van der Waals surface area contributed by atoms with Crippen molar-refractivity contribution in [1.29, 1.82) is 0 Å². The number of aromatic nitrogens is 1. The van der Waals surface area contributed by atoms with Crippen LogP contribution in [0.5, 0.6) is 0 Å². The first-order valence-corrected chi connectivity index (χ1v) is 11.4. The fraction of sp³-hybridized carbons (Fsp3) is 0.750. The lowest BCUT2D eigenvalue weighted by atomic mass is 10.2. The zero-order valence-electron chi connectivity index (χ0n) is 15.1. The summed E-state index contributed by atoms with van der Waals surface area (Å²) in [4.78, 5) is 9.02. The molecule has 24 heavy (non-hydrogen) atoms. The van der Waals surface area contributed by atoms with Gasteiger partial charge < -0.3 is 10.6 Å². The first kappa shape index (κ1) is 20.9. The molecule has 1 atom stereocenters. The highest BCUT2D eigenvalue weighted by atomic mass is 32.2. The number of nitrogens with zero attached hydrogens (tertiary/aromatic N) is 2. The number of aryl methyl sites for hydroxylation is 2. The number of thiazole rings is 1. The summed E-state index contributed by atoms with van der Waals surface area (Å²) in [6, 6.07) is 0.0656. The Morgan fingerprint density at radius 3 is 2.75 bits per heavy atom. The van der Waals surface area contributed by atoms with Crippen LogP contribution in [0.2, 0.25) is 0 Å². The predicted octanol–water partition coefficient (Wildman–Crippen LogP) is 2.15. The minimum Gasteiger partial charge on any atom is -0.357 e. The Labute approximate surface area is 150 Å². The number of sulfone groups is 1. The van der Waals surface area contributed by atoms with Gasteiger partial charge in [-0.2, -0.15) is 0 Å². The van der Waals surface area contributed by atoms with Crippen molar-refractivity contribution in [3.8, 4) is 0 Å². The highest BCUT2D eigenvalue weighted by Crippen LogP contribution is 2.11. The molecule has 0 saturated heterocycles. The average molecular weight is 375 g/mol. The maximum Gasteiger partial charge on any atom is 0.191 e. The molecule has 0 fully saturated rings. The summed E-state index contributed by atoms with van der Waals surface area (Å²) in [7, 11) is -2.92. The minimum atomic E-state index is -2.92. The zero-order valence-corrected chi connectivity index (χ0v) is 16.8. The van der Waals surface area contributed by atoms with Gasteiger partial charge in [0.05, 0.1) is 10.8 Å². The predicted molar refractivity (Wildman–Crippen MR) is 103 cm³/mol. The minimum absolute atomic E-state index is 0.0656. The second kappa shape index (κ2) is 10.7. The molecule has 0 aliphatic heterocycles. The molecule has 0 aromatic carbocycles. The Morgan fingerprint density at radius 2 is 2.17 bits per heavy atom. The van der Waals surface area contributed by atoms with Crippen molar-refractivity contribution in [3.63, 3.8) is 0 Å². The van der Waals surface area contributed by atoms with Gasteiger partial charge in [0.1, 0.15) is 9.84 Å². The van der Waals surface area contributed by atoms with Crippen molar-refractivity contribution < 1.29 is 8.42 Å². The van der Waals surface area contributed by atoms with Gasteiger partial charge in [0, 0.05) is 36.5 Å². The molecular formula is C16H30N4O2S2. The van der Waals surface area contributed by atoms with Crippen LogP contribution in [0.25, 0.3) is 0 Å². The highest BCUT2D eigenvalue weighted by Gasteiger charge is 2.09. The van der Waals surface area contributed by atoms with Crippen LogP contribution in [0.3, 0.4) is 0 Å². The summed E-state index contributed by atoms with van der Waals surface area (Å²) in [6.45, 7) is 7.54. The summed E-state index contributed by atoms with van der Waals surface area (Å²) in [6.07, 6.45) is 4.92. The lowest BCUT2D eigenvalue weighted by Crippen LogP contribution is -2.42. The monoisotopic (exact) mass is 374 g/mol. The number of unbranched alkanes of at least 4 members (excludes halogenated alkanes) is 1. The van der Waals surface area contributed by atoms with E-state index in [1.165, 1.54) is 11.3 Å². The molecule has 1 aromatic heterocycles. The van der Waals surface area contributed by atoms with Gasteiger partial charge >= 0.3 is 0 Å². The van der Waals surface area contributed by atoms with E-state index in [1.807, 2.05) is 20.8 Å². The molecular weight excluding hydrogens is 344 g/mol. The first-order chi connectivity index (χ1) is 11.3. The van der Waals surface area contributed by atoms with Crippen LogP contribution in [0.1, 0.15) is 43.8 Å². The van der Waals surface area contributed by atoms with E-state index in [4.69, 9.17) is 0 Å². The molecule has 6 nitrogen and oxygen atoms in total. The molecule has 0 spiro atoms. The first-order valence-electron chi connectivity index (χ1n) is 8.43. The molecule has 8 heteroatoms. The van der Waals surface area contributed by atoms with E-state index in [0.717, 1.165) is 44.0 Å². The summed E-state index contributed by atoms with van der Waals surface area (Å²) < 4.78 is 22.5. The molecule has 1 heterocycles. The molecule has 2 N–H and O–H groups in total. The molecule has 0 bridgehead atoms. The molecule has 0 radical (unpaired) electrons. The second-order valence-corrected chi connectivity index (χ2v) is 9.27. The van der Waals surface area contributed by atoms with Gasteiger partial charge in [0.2, 0.25) is 0 Å². The van der Waals surface area contributed by atoms with Crippen LogP contribution >= 0.6 is 11.3 Å². The van der Waals surface area contributed by atoms with Gasteiger partial charge in [-0.3, -0.25) is 4.99 Å². The van der Waals surface area contributed by atoms with Gasteiger partial charge in [0.25, 0.3) is 0 Å². The van der Waals surface area contributed by atoms with Crippen molar-refractivity contribution in [2.24, 2.45) is 4.99 Å². The Kier molecular flexibility index (Phi) is 9.28. The summed E-state index contributed by atoms with van der Waals surface area (Å²) in [5.41, 5.74) is 1.09. The number of hydrogen-bond acceptors (Lipinski definition) is 5. The molecule has 0 aliphatic carbocycles. The Hall–Kier alpha value is -1.15. The number of guanidine groups is 1. The molecule has 138 valence electrons. The van der Waals surface area contributed by atoms with Crippen molar-refractivity contribution in [2.45, 2.75) is 52.5 Å². The van der Waals surface area contributed by atoms with Gasteiger partial charge in [-0.25, -0.2) is 13.4 Å². The molecule has 0 saturated carbocycles. The Morgan fingerprint density at radius 1 is 1.42 bits per heavy atom. The Bertz CT molecular complexity index is 611. The van der Waals surface area contributed by atoms with E-state index in [1.54, 1.807) is 11.3 Å². The Balaban J connectivity index is 2.33. The van der Waals surface area contributed by atoms with Gasteiger partial charge in [0.15, 0.2) is 5.96 Å². The quantitative estimate of drug-likeness (QED) is 0.372. The third-order valence-electron chi connectivity index (χ3n) is 3.38. The van der Waals surface area contributed by atoms with Crippen molar-refractivity contribution >= 4 is 27.1 Å². The molecule has 1 unspecified atom stereocenters. The molecule has 0 amide bonds. The molecule has 1 rings (SSSR count). The van der Waals surface area contributed by atoms with E-state index in [2.05, 4.69) is 26.0 Å². The number of nitrogens with one attached hydrogen (secondary N) is 2. The summed E-state index contributed by atoms with van der Waals surface area (Å²) in [5, 5.41) is 9.74. The lowest BCUT2D eigenvalue weighted by Gasteiger charge is -2.17. The zero-order chi connectivity index (χ0) is 18.0. The van der Waals surface area contributed by atoms with E-state index < -0.39 is 9.84 Å². The van der Waals surface area contributed by atoms with Crippen LogP contribution in [0, 0.1) is 6.92 Å². The largest absolute Gasteiger partial charge is 0.357 e. The van der Waals surface area contributed by atoms with Gasteiger partial charge in [-0.15, -0.1) is 11.3 Å². The third-order valence-corrected chi connectivity index (χ3v) is 5.39. The third kappa shape index (κ3) is 9.87. The molecule has 1 aromatic rings. The van der Waals surface area contributed by atoms with Crippen LogP contribution in [-0.2, 0) is 16.3 Å². The smallest absolute Gasteiger partial charge is 0.191 e. The molecule has 0 aliphatic rings. The SMILES string of the molecule is CCNC(=NCCCCc1nc(C)cs1)NC(C)CCS(C)(=O)=O. The fourth-order valence-electron chi connectivity index (χ4n) is 2.11. The van der Waals surface area contributed by atoms with E-state index in [-0.39, 0.29) is 11.8 Å². The van der Waals surface area contributed by atoms with E-state index >= 15 is 0 Å². The summed E-state index contributed by atoms with van der Waals surface area (Å²) >= 11 is 1.72. The fourth-order valence-corrected chi connectivity index (χ4v) is 3.71. The van der Waals surface area contributed by atoms with Crippen molar-refractivity contribution in [3.05, 3.63) is 16.1 Å². The maximum absolute atomic E-state index is 11.2. The number of aliphatic imine (C=N–C) groups is 1. The van der Waals surface area contributed by atoms with Crippen LogP contribution in [0.15, 0.2) is 10.4 Å². The van der Waals surface area contributed by atoms with Crippen LogP contribution < -0.4 is 10.6 Å². The average Bonchev–Trinajstić information content (AvgIpc) is 2.90. The lowest BCUT2D eigenvalue weighted by molar-refractivity contribution is 0.581.